The van der Waals surface area contributed by atoms with Crippen molar-refractivity contribution in [1.82, 2.24) is 9.97 Å². The van der Waals surface area contributed by atoms with Gasteiger partial charge in [-0.15, -0.1) is 0 Å². The molecule has 0 aliphatic carbocycles. The van der Waals surface area contributed by atoms with Gasteiger partial charge >= 0.3 is 5.97 Å². The summed E-state index contributed by atoms with van der Waals surface area (Å²) in [6, 6.07) is 0. The third-order valence-corrected chi connectivity index (χ3v) is 1.60. The molecule has 0 radical (unpaired) electrons. The maximum absolute atomic E-state index is 12.5. The molecule has 1 aromatic rings. The van der Waals surface area contributed by atoms with E-state index in [1.54, 1.807) is 6.92 Å². The smallest absolute Gasteiger partial charge is 0.323 e. The zero-order valence-electron chi connectivity index (χ0n) is 7.64. The summed E-state index contributed by atoms with van der Waals surface area (Å²) in [7, 11) is 0. The molecular formula is C8H10FN3O2. The molecule has 0 fully saturated rings. The van der Waals surface area contributed by atoms with Crippen molar-refractivity contribution in [3.05, 3.63) is 18.2 Å². The van der Waals surface area contributed by atoms with Crippen molar-refractivity contribution in [3.8, 4) is 0 Å². The molecule has 1 rings (SSSR count). The molecule has 0 aliphatic heterocycles. The van der Waals surface area contributed by atoms with Crippen LogP contribution in [0.4, 0.5) is 10.3 Å². The Morgan fingerprint density at radius 2 is 2.14 bits per heavy atom. The third kappa shape index (κ3) is 2.65. The number of anilines is 1. The highest BCUT2D eigenvalue weighted by Crippen LogP contribution is 2.05. The van der Waals surface area contributed by atoms with Crippen molar-refractivity contribution in [1.29, 1.82) is 0 Å². The molecule has 1 heterocycles. The van der Waals surface area contributed by atoms with E-state index in [1.165, 1.54) is 4.90 Å². The van der Waals surface area contributed by atoms with Crippen molar-refractivity contribution in [2.24, 2.45) is 0 Å². The molecule has 1 N–H and O–H groups in total. The Kier molecular flexibility index (Phi) is 3.33. The lowest BCUT2D eigenvalue weighted by atomic mass is 10.5. The predicted octanol–water partition coefficient (Wildman–Crippen LogP) is 0.527. The summed E-state index contributed by atoms with van der Waals surface area (Å²) in [5.74, 6) is -1.30. The van der Waals surface area contributed by atoms with E-state index in [0.29, 0.717) is 6.54 Å². The normalized spacial score (nSPS) is 9.86. The van der Waals surface area contributed by atoms with E-state index < -0.39 is 11.8 Å². The van der Waals surface area contributed by atoms with E-state index in [4.69, 9.17) is 5.11 Å². The van der Waals surface area contributed by atoms with Crippen LogP contribution in [0.3, 0.4) is 0 Å². The number of nitrogens with zero attached hydrogens (tertiary/aromatic N) is 3. The number of hydrogen-bond acceptors (Lipinski definition) is 4. The number of carbonyl (C=O) groups is 1. The number of carboxylic acids is 1. The molecule has 5 nitrogen and oxygen atoms in total. The lowest BCUT2D eigenvalue weighted by Crippen LogP contribution is -2.30. The van der Waals surface area contributed by atoms with Crippen molar-refractivity contribution >= 4 is 11.9 Å². The lowest BCUT2D eigenvalue weighted by molar-refractivity contribution is -0.135. The second kappa shape index (κ2) is 4.50. The van der Waals surface area contributed by atoms with Gasteiger partial charge in [0.05, 0.1) is 12.4 Å². The van der Waals surface area contributed by atoms with Crippen LogP contribution in [0, 0.1) is 5.82 Å². The Balaban J connectivity index is 2.78. The lowest BCUT2D eigenvalue weighted by Gasteiger charge is -2.17. The van der Waals surface area contributed by atoms with Crippen LogP contribution >= 0.6 is 0 Å². The molecule has 0 bridgehead atoms. The zero-order chi connectivity index (χ0) is 10.6. The molecular weight excluding hydrogens is 189 g/mol. The molecule has 0 aliphatic rings. The van der Waals surface area contributed by atoms with Crippen LogP contribution in [0.15, 0.2) is 12.4 Å². The first-order valence-electron chi connectivity index (χ1n) is 4.07. The van der Waals surface area contributed by atoms with E-state index in [9.17, 15) is 9.18 Å². The van der Waals surface area contributed by atoms with Crippen molar-refractivity contribution in [2.45, 2.75) is 6.92 Å². The monoisotopic (exact) mass is 199 g/mol. The van der Waals surface area contributed by atoms with Gasteiger partial charge in [0, 0.05) is 6.54 Å². The summed E-state index contributed by atoms with van der Waals surface area (Å²) in [4.78, 5) is 19.2. The third-order valence-electron chi connectivity index (χ3n) is 1.60. The fraction of sp³-hybridized carbons (Fsp3) is 0.375. The van der Waals surface area contributed by atoms with E-state index in [1.807, 2.05) is 0 Å². The number of likely N-dealkylation sites (N-methyl/N-ethyl adjacent to an activating group) is 1. The minimum Gasteiger partial charge on any atom is -0.480 e. The van der Waals surface area contributed by atoms with Crippen molar-refractivity contribution in [3.63, 3.8) is 0 Å². The number of aliphatic carboxylic acids is 1. The van der Waals surface area contributed by atoms with Crippen LogP contribution in [0.2, 0.25) is 0 Å². The van der Waals surface area contributed by atoms with Gasteiger partial charge in [0.2, 0.25) is 5.95 Å². The van der Waals surface area contributed by atoms with Crippen LogP contribution < -0.4 is 4.90 Å². The average Bonchev–Trinajstić information content (AvgIpc) is 2.15. The van der Waals surface area contributed by atoms with Crippen molar-refractivity contribution in [2.75, 3.05) is 18.0 Å². The zero-order valence-corrected chi connectivity index (χ0v) is 7.64. The second-order valence-corrected chi connectivity index (χ2v) is 2.61. The number of aromatic nitrogens is 2. The van der Waals surface area contributed by atoms with Gasteiger partial charge in [-0.3, -0.25) is 4.79 Å². The topological polar surface area (TPSA) is 66.3 Å². The first kappa shape index (κ1) is 10.4. The SMILES string of the molecule is CCN(CC(=O)O)c1ncc(F)cn1. The van der Waals surface area contributed by atoms with Gasteiger partial charge < -0.3 is 10.0 Å². The van der Waals surface area contributed by atoms with E-state index in [2.05, 4.69) is 9.97 Å². The van der Waals surface area contributed by atoms with Gasteiger partial charge in [0.15, 0.2) is 5.82 Å². The first-order chi connectivity index (χ1) is 6.63. The molecule has 14 heavy (non-hydrogen) atoms. The molecule has 0 spiro atoms. The Bertz CT molecular complexity index is 315. The Labute approximate surface area is 80.2 Å². The summed E-state index contributed by atoms with van der Waals surface area (Å²) >= 11 is 0. The fourth-order valence-corrected chi connectivity index (χ4v) is 0.956. The summed E-state index contributed by atoms with van der Waals surface area (Å²) in [6.45, 7) is 2.04. The molecule has 0 atom stereocenters. The minimum atomic E-state index is -0.972. The largest absolute Gasteiger partial charge is 0.480 e. The highest BCUT2D eigenvalue weighted by atomic mass is 19.1. The van der Waals surface area contributed by atoms with Crippen molar-refractivity contribution < 1.29 is 14.3 Å². The molecule has 0 saturated carbocycles. The molecule has 0 amide bonds. The van der Waals surface area contributed by atoms with Gasteiger partial charge in [-0.05, 0) is 6.92 Å². The number of hydrogen-bond donors (Lipinski definition) is 1. The first-order valence-corrected chi connectivity index (χ1v) is 4.07. The van der Waals surface area contributed by atoms with E-state index >= 15 is 0 Å². The quantitative estimate of drug-likeness (QED) is 0.766. The minimum absolute atomic E-state index is 0.192. The molecule has 0 saturated heterocycles. The number of halogens is 1. The summed E-state index contributed by atoms with van der Waals surface area (Å²) in [6.07, 6.45) is 2.01. The van der Waals surface area contributed by atoms with Gasteiger partial charge in [-0.25, -0.2) is 14.4 Å². The van der Waals surface area contributed by atoms with E-state index in [-0.39, 0.29) is 12.5 Å². The highest BCUT2D eigenvalue weighted by molar-refractivity contribution is 5.72. The second-order valence-electron chi connectivity index (χ2n) is 2.61. The van der Waals surface area contributed by atoms with Gasteiger partial charge in [0.25, 0.3) is 0 Å². The van der Waals surface area contributed by atoms with Crippen LogP contribution in [0.1, 0.15) is 6.92 Å². The van der Waals surface area contributed by atoms with Crippen LogP contribution in [-0.2, 0) is 4.79 Å². The van der Waals surface area contributed by atoms with Crippen LogP contribution in [-0.4, -0.2) is 34.1 Å². The average molecular weight is 199 g/mol. The molecule has 0 aromatic carbocycles. The highest BCUT2D eigenvalue weighted by Gasteiger charge is 2.10. The number of carboxylic acid groups (broad SMARTS) is 1. The van der Waals surface area contributed by atoms with Gasteiger partial charge in [0.1, 0.15) is 6.54 Å². The van der Waals surface area contributed by atoms with Gasteiger partial charge in [-0.1, -0.05) is 0 Å². The number of rotatable bonds is 4. The summed E-state index contributed by atoms with van der Waals surface area (Å²) < 4.78 is 12.5. The summed E-state index contributed by atoms with van der Waals surface area (Å²) in [5, 5.41) is 8.56. The maximum atomic E-state index is 12.5. The van der Waals surface area contributed by atoms with Gasteiger partial charge in [-0.2, -0.15) is 0 Å². The van der Waals surface area contributed by atoms with Crippen LogP contribution in [0.5, 0.6) is 0 Å². The molecule has 0 unspecified atom stereocenters. The maximum Gasteiger partial charge on any atom is 0.323 e. The fourth-order valence-electron chi connectivity index (χ4n) is 0.956. The molecule has 1 aromatic heterocycles. The summed E-state index contributed by atoms with van der Waals surface area (Å²) in [5.41, 5.74) is 0. The van der Waals surface area contributed by atoms with Crippen LogP contribution in [0.25, 0.3) is 0 Å². The Morgan fingerprint density at radius 3 is 2.57 bits per heavy atom. The standard InChI is InChI=1S/C8H10FN3O2/c1-2-12(5-7(13)14)8-10-3-6(9)4-11-8/h3-4H,2,5H2,1H3,(H,13,14). The Morgan fingerprint density at radius 1 is 1.57 bits per heavy atom. The van der Waals surface area contributed by atoms with E-state index in [0.717, 1.165) is 12.4 Å². The predicted molar refractivity (Wildman–Crippen MR) is 47.5 cm³/mol. The Hall–Kier alpha value is -1.72. The molecule has 76 valence electrons. The molecule has 6 heteroatoms.